The molecule has 6 rings (SSSR count). The van der Waals surface area contributed by atoms with Gasteiger partial charge in [0.2, 0.25) is 0 Å². The van der Waals surface area contributed by atoms with Crippen LogP contribution in [0.1, 0.15) is 92.6 Å². The molecule has 0 spiro atoms. The lowest BCUT2D eigenvalue weighted by Gasteiger charge is -2.28. The maximum absolute atomic E-state index is 5.61. The van der Waals surface area contributed by atoms with Crippen molar-refractivity contribution in [2.24, 2.45) is 5.92 Å². The van der Waals surface area contributed by atoms with E-state index in [4.69, 9.17) is 14.2 Å². The van der Waals surface area contributed by atoms with Crippen LogP contribution in [0, 0.1) is 5.92 Å². The number of aromatic nitrogens is 4. The summed E-state index contributed by atoms with van der Waals surface area (Å²) in [7, 11) is 5.16. The summed E-state index contributed by atoms with van der Waals surface area (Å²) in [6.45, 7) is 4.00. The summed E-state index contributed by atoms with van der Waals surface area (Å²) in [6, 6.07) is 33.5. The fraction of sp³-hybridized carbons (Fsp3) is 0.350. The summed E-state index contributed by atoms with van der Waals surface area (Å²) >= 11 is 0. The molecule has 1 fully saturated rings. The third-order valence-electron chi connectivity index (χ3n) is 7.75. The van der Waals surface area contributed by atoms with Crippen LogP contribution in [0.5, 0.6) is 0 Å². The van der Waals surface area contributed by atoms with Gasteiger partial charge in [0.25, 0.3) is 0 Å². The Morgan fingerprint density at radius 3 is 1.26 bits per heavy atom. The largest absolute Gasteiger partial charge is 0.375 e. The monoisotopic (exact) mass is 634 g/mol. The van der Waals surface area contributed by atoms with E-state index in [2.05, 4.69) is 26.0 Å². The summed E-state index contributed by atoms with van der Waals surface area (Å²) in [5.41, 5.74) is 4.90. The van der Waals surface area contributed by atoms with Gasteiger partial charge in [0.1, 0.15) is 18.3 Å². The number of pyridine rings is 4. The first-order valence-corrected chi connectivity index (χ1v) is 16.5. The van der Waals surface area contributed by atoms with Crippen molar-refractivity contribution in [3.8, 4) is 0 Å². The van der Waals surface area contributed by atoms with Crippen LogP contribution in [0.4, 0.5) is 0 Å². The fourth-order valence-corrected chi connectivity index (χ4v) is 5.58. The minimum absolute atomic E-state index is 0.0765. The molecule has 1 aliphatic carbocycles. The van der Waals surface area contributed by atoms with Crippen LogP contribution < -0.4 is 0 Å². The minimum atomic E-state index is -0.188. The predicted molar refractivity (Wildman–Crippen MR) is 189 cm³/mol. The fourth-order valence-electron chi connectivity index (χ4n) is 5.58. The molecule has 7 heteroatoms. The summed E-state index contributed by atoms with van der Waals surface area (Å²) in [5, 5.41) is 0. The van der Waals surface area contributed by atoms with Crippen molar-refractivity contribution in [3.05, 3.63) is 156 Å². The topological polar surface area (TPSA) is 79.2 Å². The van der Waals surface area contributed by atoms with Gasteiger partial charge in [0.15, 0.2) is 0 Å². The van der Waals surface area contributed by atoms with Gasteiger partial charge in [-0.15, -0.1) is 0 Å². The third kappa shape index (κ3) is 12.1. The molecule has 4 heterocycles. The average Bonchev–Trinajstić information content (AvgIpc) is 3.17. The standard InChI is InChI=1S/C13H19NO.C13H13NO.C12H12N2O.C2H6/c2*1-15-13(11-7-3-2-4-8-11)12-9-5-6-10-14-12;1-15-12(10-6-2-4-8-13-10)11-7-3-5-9-14-11;1-2/h5-6,9-11,13H,2-4,7-8H2,1H3;2-10,13H,1H3;2-9,12H,1H3;1-2H3. The van der Waals surface area contributed by atoms with E-state index in [1.54, 1.807) is 39.9 Å². The molecular formula is C40H50N4O3. The number of hydrogen-bond acceptors (Lipinski definition) is 7. The second-order valence-electron chi connectivity index (χ2n) is 10.7. The first-order chi connectivity index (χ1) is 23.2. The SMILES string of the molecule is CC.COC(c1ccccc1)c1ccccn1.COC(c1ccccn1)C1CCCCC1.COC(c1ccccn1)c1ccccn1. The van der Waals surface area contributed by atoms with Crippen LogP contribution in [0.15, 0.2) is 128 Å². The Morgan fingerprint density at radius 1 is 0.468 bits per heavy atom. The van der Waals surface area contributed by atoms with E-state index < -0.39 is 0 Å². The number of methoxy groups -OCH3 is 3. The molecule has 1 saturated carbocycles. The molecule has 0 radical (unpaired) electrons. The second kappa shape index (κ2) is 22.3. The van der Waals surface area contributed by atoms with E-state index in [1.807, 2.05) is 117 Å². The summed E-state index contributed by atoms with van der Waals surface area (Å²) in [4.78, 5) is 17.2. The highest BCUT2D eigenvalue weighted by molar-refractivity contribution is 5.25. The minimum Gasteiger partial charge on any atom is -0.375 e. The highest BCUT2D eigenvalue weighted by Gasteiger charge is 2.25. The van der Waals surface area contributed by atoms with Gasteiger partial charge in [0.05, 0.1) is 22.8 Å². The molecule has 0 amide bonds. The Labute approximate surface area is 281 Å². The number of benzene rings is 1. The molecule has 2 atom stereocenters. The quantitative estimate of drug-likeness (QED) is 0.160. The van der Waals surface area contributed by atoms with Gasteiger partial charge in [0, 0.05) is 46.1 Å². The Kier molecular flexibility index (Phi) is 17.6. The highest BCUT2D eigenvalue weighted by atomic mass is 16.5. The van der Waals surface area contributed by atoms with Crippen molar-refractivity contribution in [1.29, 1.82) is 0 Å². The maximum atomic E-state index is 5.61. The van der Waals surface area contributed by atoms with Crippen LogP contribution in [0.25, 0.3) is 0 Å². The number of hydrogen-bond donors (Lipinski definition) is 0. The Morgan fingerprint density at radius 2 is 0.872 bits per heavy atom. The van der Waals surface area contributed by atoms with E-state index in [-0.39, 0.29) is 18.3 Å². The van der Waals surface area contributed by atoms with Gasteiger partial charge < -0.3 is 14.2 Å². The highest BCUT2D eigenvalue weighted by Crippen LogP contribution is 2.35. The van der Waals surface area contributed by atoms with Crippen molar-refractivity contribution in [2.45, 2.75) is 64.3 Å². The predicted octanol–water partition coefficient (Wildman–Crippen LogP) is 9.41. The van der Waals surface area contributed by atoms with Crippen molar-refractivity contribution >= 4 is 0 Å². The van der Waals surface area contributed by atoms with Gasteiger partial charge in [-0.25, -0.2) is 0 Å². The molecule has 7 nitrogen and oxygen atoms in total. The molecule has 0 saturated heterocycles. The van der Waals surface area contributed by atoms with Crippen LogP contribution in [0.2, 0.25) is 0 Å². The van der Waals surface area contributed by atoms with Crippen LogP contribution in [-0.4, -0.2) is 41.3 Å². The summed E-state index contributed by atoms with van der Waals surface area (Å²) < 4.78 is 16.5. The molecule has 248 valence electrons. The lowest BCUT2D eigenvalue weighted by atomic mass is 9.84. The van der Waals surface area contributed by atoms with Crippen LogP contribution >= 0.6 is 0 Å². The first kappa shape index (κ1) is 37.2. The molecule has 5 aromatic rings. The molecule has 1 aliphatic rings. The van der Waals surface area contributed by atoms with Gasteiger partial charge in [-0.2, -0.15) is 0 Å². The smallest absolute Gasteiger partial charge is 0.141 e. The lowest BCUT2D eigenvalue weighted by Crippen LogP contribution is -2.18. The second-order valence-corrected chi connectivity index (χ2v) is 10.7. The Bertz CT molecular complexity index is 1280. The molecule has 2 unspecified atom stereocenters. The van der Waals surface area contributed by atoms with Crippen molar-refractivity contribution < 1.29 is 14.2 Å². The molecule has 0 N–H and O–H groups in total. The van der Waals surface area contributed by atoms with Gasteiger partial charge in [-0.1, -0.05) is 87.7 Å². The zero-order valence-electron chi connectivity index (χ0n) is 28.5. The zero-order valence-corrected chi connectivity index (χ0v) is 28.5. The van der Waals surface area contributed by atoms with Crippen molar-refractivity contribution in [2.75, 3.05) is 21.3 Å². The molecule has 0 bridgehead atoms. The molecular weight excluding hydrogens is 584 g/mol. The number of nitrogens with zero attached hydrogens (tertiary/aromatic N) is 4. The molecule has 0 aliphatic heterocycles. The zero-order chi connectivity index (χ0) is 33.5. The summed E-state index contributed by atoms with van der Waals surface area (Å²) in [5.74, 6) is 0.665. The van der Waals surface area contributed by atoms with Gasteiger partial charge in [-0.05, 0) is 72.9 Å². The van der Waals surface area contributed by atoms with Crippen molar-refractivity contribution in [1.82, 2.24) is 19.9 Å². The normalized spacial score (nSPS) is 13.8. The molecule has 1 aromatic carbocycles. The van der Waals surface area contributed by atoms with Crippen LogP contribution in [0.3, 0.4) is 0 Å². The van der Waals surface area contributed by atoms with Crippen molar-refractivity contribution in [3.63, 3.8) is 0 Å². The lowest BCUT2D eigenvalue weighted by molar-refractivity contribution is 0.0323. The Balaban J connectivity index is 0.000000186. The molecule has 4 aromatic heterocycles. The van der Waals surface area contributed by atoms with Gasteiger partial charge >= 0.3 is 0 Å². The van der Waals surface area contributed by atoms with Gasteiger partial charge in [-0.3, -0.25) is 19.9 Å². The van der Waals surface area contributed by atoms with E-state index in [0.717, 1.165) is 28.3 Å². The average molecular weight is 635 g/mol. The third-order valence-corrected chi connectivity index (χ3v) is 7.75. The Hall–Kier alpha value is -4.30. The summed E-state index contributed by atoms with van der Waals surface area (Å²) in [6.07, 6.45) is 13.7. The number of rotatable bonds is 9. The van der Waals surface area contributed by atoms with E-state index >= 15 is 0 Å². The van der Waals surface area contributed by atoms with E-state index in [9.17, 15) is 0 Å². The molecule has 47 heavy (non-hydrogen) atoms. The van der Waals surface area contributed by atoms with Crippen LogP contribution in [-0.2, 0) is 14.2 Å². The first-order valence-electron chi connectivity index (χ1n) is 16.5. The van der Waals surface area contributed by atoms with E-state index in [0.29, 0.717) is 5.92 Å². The van der Waals surface area contributed by atoms with E-state index in [1.165, 1.54) is 32.1 Å². The number of ether oxygens (including phenoxy) is 3. The maximum Gasteiger partial charge on any atom is 0.141 e.